The molecule has 3 rings (SSSR count). The molecule has 7 heteroatoms. The van der Waals surface area contributed by atoms with Crippen molar-refractivity contribution < 1.29 is 4.52 Å². The van der Waals surface area contributed by atoms with Gasteiger partial charge in [0.25, 0.3) is 0 Å². The Kier molecular flexibility index (Phi) is 5.74. The van der Waals surface area contributed by atoms with Crippen molar-refractivity contribution in [1.29, 1.82) is 0 Å². The van der Waals surface area contributed by atoms with Crippen LogP contribution in [0.25, 0.3) is 22.4 Å². The highest BCUT2D eigenvalue weighted by molar-refractivity contribution is 5.82. The summed E-state index contributed by atoms with van der Waals surface area (Å²) in [7, 11) is 4.16. The predicted molar refractivity (Wildman–Crippen MR) is 111 cm³/mol. The van der Waals surface area contributed by atoms with E-state index in [1.807, 2.05) is 32.2 Å². The first-order valence-corrected chi connectivity index (χ1v) is 9.36. The molecule has 0 aromatic carbocycles. The average Bonchev–Trinajstić information content (AvgIpc) is 2.98. The SMILES string of the molecule is Cc1noc(C)c1-c1nc(NCC(C)(C)CN(C)C)ncc1-c1ccncc1. The number of anilines is 1. The Hall–Kier alpha value is -2.80. The first-order valence-electron chi connectivity index (χ1n) is 9.36. The lowest BCUT2D eigenvalue weighted by molar-refractivity contribution is 0.254. The van der Waals surface area contributed by atoms with E-state index in [1.54, 1.807) is 12.4 Å². The van der Waals surface area contributed by atoms with Crippen LogP contribution in [0.3, 0.4) is 0 Å². The maximum absolute atomic E-state index is 5.39. The van der Waals surface area contributed by atoms with Gasteiger partial charge in [0.2, 0.25) is 5.95 Å². The highest BCUT2D eigenvalue weighted by Crippen LogP contribution is 2.34. The molecule has 0 aliphatic heterocycles. The minimum atomic E-state index is 0.0832. The molecule has 3 heterocycles. The second-order valence-corrected chi connectivity index (χ2v) is 8.15. The molecule has 148 valence electrons. The quantitative estimate of drug-likeness (QED) is 0.667. The van der Waals surface area contributed by atoms with Crippen LogP contribution in [0, 0.1) is 19.3 Å². The Labute approximate surface area is 166 Å². The zero-order chi connectivity index (χ0) is 20.3. The van der Waals surface area contributed by atoms with Gasteiger partial charge in [-0.15, -0.1) is 0 Å². The lowest BCUT2D eigenvalue weighted by Crippen LogP contribution is -2.34. The third-order valence-corrected chi connectivity index (χ3v) is 4.52. The Bertz CT molecular complexity index is 914. The number of hydrogen-bond donors (Lipinski definition) is 1. The van der Waals surface area contributed by atoms with E-state index in [2.05, 4.69) is 53.3 Å². The van der Waals surface area contributed by atoms with Crippen LogP contribution in [0.5, 0.6) is 0 Å². The van der Waals surface area contributed by atoms with E-state index < -0.39 is 0 Å². The third-order valence-electron chi connectivity index (χ3n) is 4.52. The Morgan fingerprint density at radius 1 is 1.14 bits per heavy atom. The molecule has 0 aliphatic rings. The number of aromatic nitrogens is 4. The summed E-state index contributed by atoms with van der Waals surface area (Å²) in [5.41, 5.74) is 4.54. The van der Waals surface area contributed by atoms with Crippen molar-refractivity contribution in [3.8, 4) is 22.4 Å². The Morgan fingerprint density at radius 3 is 2.46 bits per heavy atom. The molecule has 0 saturated carbocycles. The van der Waals surface area contributed by atoms with Gasteiger partial charge in [0.05, 0.1) is 17.0 Å². The molecule has 0 saturated heterocycles. The van der Waals surface area contributed by atoms with Crippen LogP contribution in [0.15, 0.2) is 35.2 Å². The van der Waals surface area contributed by atoms with Gasteiger partial charge in [0, 0.05) is 37.2 Å². The molecule has 0 atom stereocenters. The van der Waals surface area contributed by atoms with Crippen molar-refractivity contribution in [2.24, 2.45) is 5.41 Å². The van der Waals surface area contributed by atoms with Crippen molar-refractivity contribution in [3.63, 3.8) is 0 Å². The minimum absolute atomic E-state index is 0.0832. The minimum Gasteiger partial charge on any atom is -0.361 e. The second kappa shape index (κ2) is 8.06. The molecule has 0 aliphatic carbocycles. The van der Waals surface area contributed by atoms with Crippen molar-refractivity contribution in [3.05, 3.63) is 42.2 Å². The van der Waals surface area contributed by atoms with Crippen molar-refractivity contribution in [2.75, 3.05) is 32.5 Å². The van der Waals surface area contributed by atoms with Crippen LogP contribution in [0.1, 0.15) is 25.3 Å². The molecule has 0 fully saturated rings. The third kappa shape index (κ3) is 4.54. The summed E-state index contributed by atoms with van der Waals surface area (Å²) >= 11 is 0. The van der Waals surface area contributed by atoms with E-state index in [1.165, 1.54) is 0 Å². The number of hydrogen-bond acceptors (Lipinski definition) is 7. The largest absolute Gasteiger partial charge is 0.361 e. The first-order chi connectivity index (χ1) is 13.3. The molecule has 28 heavy (non-hydrogen) atoms. The van der Waals surface area contributed by atoms with Gasteiger partial charge in [0.15, 0.2) is 0 Å². The number of rotatable bonds is 7. The van der Waals surface area contributed by atoms with Crippen molar-refractivity contribution in [1.82, 2.24) is 25.0 Å². The van der Waals surface area contributed by atoms with E-state index in [9.17, 15) is 0 Å². The fraction of sp³-hybridized carbons (Fsp3) is 0.429. The van der Waals surface area contributed by atoms with Gasteiger partial charge in [-0.2, -0.15) is 0 Å². The lowest BCUT2D eigenvalue weighted by atomic mass is 9.93. The number of pyridine rings is 1. The molecule has 7 nitrogen and oxygen atoms in total. The van der Waals surface area contributed by atoms with Crippen LogP contribution in [0.2, 0.25) is 0 Å². The summed E-state index contributed by atoms with van der Waals surface area (Å²) in [6.45, 7) is 10.0. The Balaban J connectivity index is 1.98. The zero-order valence-electron chi connectivity index (χ0n) is 17.4. The number of nitrogens with one attached hydrogen (secondary N) is 1. The van der Waals surface area contributed by atoms with Crippen LogP contribution < -0.4 is 5.32 Å². The van der Waals surface area contributed by atoms with Crippen LogP contribution >= 0.6 is 0 Å². The maximum Gasteiger partial charge on any atom is 0.223 e. The molecular formula is C21H28N6O. The van der Waals surface area contributed by atoms with Gasteiger partial charge < -0.3 is 14.7 Å². The Morgan fingerprint density at radius 2 is 1.86 bits per heavy atom. The summed E-state index contributed by atoms with van der Waals surface area (Å²) in [4.78, 5) is 15.7. The van der Waals surface area contributed by atoms with E-state index in [-0.39, 0.29) is 5.41 Å². The lowest BCUT2D eigenvalue weighted by Gasteiger charge is -2.28. The van der Waals surface area contributed by atoms with Gasteiger partial charge in [-0.25, -0.2) is 9.97 Å². The first kappa shape index (κ1) is 19.9. The summed E-state index contributed by atoms with van der Waals surface area (Å²) < 4.78 is 5.39. The van der Waals surface area contributed by atoms with E-state index in [4.69, 9.17) is 9.51 Å². The highest BCUT2D eigenvalue weighted by atomic mass is 16.5. The molecule has 0 amide bonds. The number of aryl methyl sites for hydroxylation is 2. The fourth-order valence-corrected chi connectivity index (χ4v) is 3.45. The van der Waals surface area contributed by atoms with Gasteiger partial charge in [-0.05, 0) is 51.1 Å². The van der Waals surface area contributed by atoms with Gasteiger partial charge >= 0.3 is 0 Å². The van der Waals surface area contributed by atoms with E-state index in [0.717, 1.165) is 46.9 Å². The maximum atomic E-state index is 5.39. The molecule has 0 radical (unpaired) electrons. The van der Waals surface area contributed by atoms with Crippen LogP contribution in [-0.2, 0) is 0 Å². The second-order valence-electron chi connectivity index (χ2n) is 8.15. The van der Waals surface area contributed by atoms with Crippen LogP contribution in [-0.4, -0.2) is 52.2 Å². The van der Waals surface area contributed by atoms with Crippen LogP contribution in [0.4, 0.5) is 5.95 Å². The summed E-state index contributed by atoms with van der Waals surface area (Å²) in [6, 6.07) is 3.90. The zero-order valence-corrected chi connectivity index (χ0v) is 17.4. The molecule has 0 spiro atoms. The molecular weight excluding hydrogens is 352 g/mol. The van der Waals surface area contributed by atoms with E-state index >= 15 is 0 Å². The van der Waals surface area contributed by atoms with Gasteiger partial charge in [0.1, 0.15) is 5.76 Å². The topological polar surface area (TPSA) is 80.0 Å². The van der Waals surface area contributed by atoms with Gasteiger partial charge in [-0.3, -0.25) is 4.98 Å². The monoisotopic (exact) mass is 380 g/mol. The predicted octanol–water partition coefficient (Wildman–Crippen LogP) is 3.81. The summed E-state index contributed by atoms with van der Waals surface area (Å²) in [5, 5.41) is 7.50. The average molecular weight is 380 g/mol. The van der Waals surface area contributed by atoms with Crippen molar-refractivity contribution >= 4 is 5.95 Å². The molecule has 1 N–H and O–H groups in total. The smallest absolute Gasteiger partial charge is 0.223 e. The molecule has 3 aromatic rings. The number of nitrogens with zero attached hydrogens (tertiary/aromatic N) is 5. The van der Waals surface area contributed by atoms with Gasteiger partial charge in [-0.1, -0.05) is 19.0 Å². The summed E-state index contributed by atoms with van der Waals surface area (Å²) in [6.07, 6.45) is 5.38. The normalized spacial score (nSPS) is 11.8. The molecule has 3 aromatic heterocycles. The molecule has 0 unspecified atom stereocenters. The standard InChI is InChI=1S/C21H28N6O/c1-14-18(15(2)28-26-14)19-17(16-7-9-22-10-8-16)11-23-20(25-19)24-12-21(3,4)13-27(5)6/h7-11H,12-13H2,1-6H3,(H,23,24,25). The van der Waals surface area contributed by atoms with Crippen molar-refractivity contribution in [2.45, 2.75) is 27.7 Å². The molecule has 0 bridgehead atoms. The highest BCUT2D eigenvalue weighted by Gasteiger charge is 2.22. The fourth-order valence-electron chi connectivity index (χ4n) is 3.45. The summed E-state index contributed by atoms with van der Waals surface area (Å²) in [5.74, 6) is 1.34. The van der Waals surface area contributed by atoms with E-state index in [0.29, 0.717) is 5.95 Å².